The highest BCUT2D eigenvalue weighted by Gasteiger charge is 2.06. The summed E-state index contributed by atoms with van der Waals surface area (Å²) < 4.78 is 16.6. The molecule has 0 bridgehead atoms. The lowest BCUT2D eigenvalue weighted by atomic mass is 10.1. The van der Waals surface area contributed by atoms with E-state index in [1.165, 1.54) is 70.6 Å². The van der Waals surface area contributed by atoms with Crippen LogP contribution in [0.3, 0.4) is 0 Å². The van der Waals surface area contributed by atoms with Crippen molar-refractivity contribution in [1.29, 1.82) is 0 Å². The van der Waals surface area contributed by atoms with Gasteiger partial charge in [-0.1, -0.05) is 110 Å². The van der Waals surface area contributed by atoms with Crippen LogP contribution in [0.5, 0.6) is 0 Å². The molecule has 0 aliphatic carbocycles. The summed E-state index contributed by atoms with van der Waals surface area (Å²) >= 11 is 0. The summed E-state index contributed by atoms with van der Waals surface area (Å²) in [7, 11) is 0. The molecule has 0 heterocycles. The van der Waals surface area contributed by atoms with Crippen molar-refractivity contribution >= 4 is 5.97 Å². The fourth-order valence-corrected chi connectivity index (χ4v) is 3.04. The van der Waals surface area contributed by atoms with Crippen LogP contribution in [-0.2, 0) is 9.53 Å². The first-order valence-electron chi connectivity index (χ1n) is 12.0. The van der Waals surface area contributed by atoms with Crippen LogP contribution in [0.15, 0.2) is 12.2 Å². The lowest BCUT2D eigenvalue weighted by Gasteiger charge is -2.04. The topological polar surface area (TPSA) is 26.3 Å². The summed E-state index contributed by atoms with van der Waals surface area (Å²) in [5.74, 6) is -0.291. The van der Waals surface area contributed by atoms with Gasteiger partial charge in [0.2, 0.25) is 0 Å². The lowest BCUT2D eigenvalue weighted by molar-refractivity contribution is -0.138. The van der Waals surface area contributed by atoms with Gasteiger partial charge in [-0.25, -0.2) is 4.79 Å². The Kier molecular flexibility index (Phi) is 27.4. The molecule has 0 N–H and O–H groups in total. The van der Waals surface area contributed by atoms with Crippen molar-refractivity contribution < 1.29 is 13.9 Å². The molecule has 0 aliphatic rings. The predicted molar refractivity (Wildman–Crippen MR) is 122 cm³/mol. The molecule has 3 heteroatoms. The first kappa shape index (κ1) is 29.3. The Labute approximate surface area is 175 Å². The standard InChI is InChI=1S/C13H28.C12H21FO2/c1-3-5-7-9-11-13-12-10-8-6-4-2;1-3-15-12(14)11(2)9-7-5-4-6-8-10-13/h3-13H2,1-2H3;2-10H2,1H3. The molecule has 0 radical (unpaired) electrons. The van der Waals surface area contributed by atoms with Gasteiger partial charge in [-0.2, -0.15) is 0 Å². The van der Waals surface area contributed by atoms with E-state index in [0.717, 1.165) is 25.7 Å². The van der Waals surface area contributed by atoms with Gasteiger partial charge in [0.15, 0.2) is 0 Å². The largest absolute Gasteiger partial charge is 0.463 e. The second-order valence-corrected chi connectivity index (χ2v) is 7.71. The van der Waals surface area contributed by atoms with Crippen molar-refractivity contribution in [2.45, 2.75) is 130 Å². The molecule has 168 valence electrons. The van der Waals surface area contributed by atoms with Crippen LogP contribution in [0.25, 0.3) is 0 Å². The van der Waals surface area contributed by atoms with E-state index in [4.69, 9.17) is 4.74 Å². The number of alkyl halides is 1. The van der Waals surface area contributed by atoms with E-state index in [2.05, 4.69) is 20.4 Å². The van der Waals surface area contributed by atoms with E-state index < -0.39 is 0 Å². The second kappa shape index (κ2) is 26.1. The van der Waals surface area contributed by atoms with Gasteiger partial charge < -0.3 is 4.74 Å². The third kappa shape index (κ3) is 25.1. The van der Waals surface area contributed by atoms with Gasteiger partial charge in [-0.05, 0) is 26.2 Å². The number of unbranched alkanes of at least 4 members (excludes halogenated alkanes) is 14. The predicted octanol–water partition coefficient (Wildman–Crippen LogP) is 8.73. The quantitative estimate of drug-likeness (QED) is 0.123. The second-order valence-electron chi connectivity index (χ2n) is 7.71. The fourth-order valence-electron chi connectivity index (χ4n) is 3.04. The maximum absolute atomic E-state index is 11.7. The normalized spacial score (nSPS) is 10.3. The number of rotatable bonds is 19. The Balaban J connectivity index is 0. The third-order valence-corrected chi connectivity index (χ3v) is 4.88. The molecule has 0 aromatic rings. The van der Waals surface area contributed by atoms with Gasteiger partial charge in [-0.15, -0.1) is 0 Å². The van der Waals surface area contributed by atoms with E-state index in [-0.39, 0.29) is 12.6 Å². The molecular formula is C25H49FO2. The van der Waals surface area contributed by atoms with Crippen LogP contribution in [0, 0.1) is 0 Å². The third-order valence-electron chi connectivity index (χ3n) is 4.88. The number of halogens is 1. The Morgan fingerprint density at radius 1 is 0.679 bits per heavy atom. The van der Waals surface area contributed by atoms with E-state index in [1.807, 2.05) is 0 Å². The number of hydrogen-bond acceptors (Lipinski definition) is 2. The molecule has 0 rings (SSSR count). The summed E-state index contributed by atoms with van der Waals surface area (Å²) in [6.45, 7) is 10.2. The van der Waals surface area contributed by atoms with E-state index >= 15 is 0 Å². The van der Waals surface area contributed by atoms with E-state index in [1.54, 1.807) is 6.92 Å². The molecule has 0 aromatic heterocycles. The molecule has 28 heavy (non-hydrogen) atoms. The van der Waals surface area contributed by atoms with E-state index in [0.29, 0.717) is 25.0 Å². The molecule has 0 fully saturated rings. The van der Waals surface area contributed by atoms with Crippen LogP contribution in [-0.4, -0.2) is 19.3 Å². The van der Waals surface area contributed by atoms with Crippen molar-refractivity contribution in [1.82, 2.24) is 0 Å². The van der Waals surface area contributed by atoms with Crippen LogP contribution < -0.4 is 0 Å². The van der Waals surface area contributed by atoms with Gasteiger partial charge in [0.25, 0.3) is 0 Å². The molecule has 0 saturated carbocycles. The van der Waals surface area contributed by atoms with Crippen molar-refractivity contribution in [3.05, 3.63) is 12.2 Å². The Bertz CT molecular complexity index is 319. The number of esters is 1. The molecule has 0 spiro atoms. The zero-order valence-electron chi connectivity index (χ0n) is 19.3. The van der Waals surface area contributed by atoms with Crippen LogP contribution in [0.2, 0.25) is 0 Å². The van der Waals surface area contributed by atoms with Gasteiger partial charge in [0.05, 0.1) is 13.3 Å². The first-order valence-corrected chi connectivity index (χ1v) is 12.0. The molecule has 0 atom stereocenters. The number of carbonyl (C=O) groups is 1. The van der Waals surface area contributed by atoms with Crippen LogP contribution in [0.4, 0.5) is 4.39 Å². The number of hydrogen-bond donors (Lipinski definition) is 0. The van der Waals surface area contributed by atoms with Gasteiger partial charge >= 0.3 is 5.97 Å². The summed E-state index contributed by atoms with van der Waals surface area (Å²) in [4.78, 5) is 11.1. The summed E-state index contributed by atoms with van der Waals surface area (Å²) in [6, 6.07) is 0. The maximum atomic E-state index is 11.7. The highest BCUT2D eigenvalue weighted by Crippen LogP contribution is 2.12. The summed E-state index contributed by atoms with van der Waals surface area (Å²) in [5.41, 5.74) is 0.544. The zero-order valence-corrected chi connectivity index (χ0v) is 19.3. The monoisotopic (exact) mass is 400 g/mol. The first-order chi connectivity index (χ1) is 13.6. The minimum atomic E-state index is -0.291. The molecule has 0 saturated heterocycles. The van der Waals surface area contributed by atoms with Crippen LogP contribution >= 0.6 is 0 Å². The molecule has 0 aliphatic heterocycles. The van der Waals surface area contributed by atoms with Crippen molar-refractivity contribution in [3.8, 4) is 0 Å². The Hall–Kier alpha value is -0.860. The van der Waals surface area contributed by atoms with Crippen molar-refractivity contribution in [2.24, 2.45) is 0 Å². The van der Waals surface area contributed by atoms with Crippen molar-refractivity contribution in [2.75, 3.05) is 13.3 Å². The number of ether oxygens (including phenoxy) is 1. The Morgan fingerprint density at radius 3 is 1.46 bits per heavy atom. The van der Waals surface area contributed by atoms with Crippen LogP contribution in [0.1, 0.15) is 130 Å². The minimum absolute atomic E-state index is 0.227. The minimum Gasteiger partial charge on any atom is -0.463 e. The van der Waals surface area contributed by atoms with Crippen molar-refractivity contribution in [3.63, 3.8) is 0 Å². The maximum Gasteiger partial charge on any atom is 0.333 e. The average molecular weight is 401 g/mol. The fraction of sp³-hybridized carbons (Fsp3) is 0.880. The average Bonchev–Trinajstić information content (AvgIpc) is 2.70. The van der Waals surface area contributed by atoms with E-state index in [9.17, 15) is 9.18 Å². The van der Waals surface area contributed by atoms with Gasteiger partial charge in [0.1, 0.15) is 0 Å². The lowest BCUT2D eigenvalue weighted by Crippen LogP contribution is -2.06. The molecule has 0 aromatic carbocycles. The summed E-state index contributed by atoms with van der Waals surface area (Å²) in [6.07, 6.45) is 21.2. The SMILES string of the molecule is C=C(CCCCCCCF)C(=O)OCC.CCCCCCCCCCCCC. The number of carbonyl (C=O) groups excluding carboxylic acids is 1. The highest BCUT2D eigenvalue weighted by molar-refractivity contribution is 5.87. The van der Waals surface area contributed by atoms with Gasteiger partial charge in [-0.3, -0.25) is 4.39 Å². The summed E-state index contributed by atoms with van der Waals surface area (Å²) in [5, 5.41) is 0. The highest BCUT2D eigenvalue weighted by atomic mass is 19.1. The molecule has 0 amide bonds. The smallest absolute Gasteiger partial charge is 0.333 e. The molecule has 2 nitrogen and oxygen atoms in total. The van der Waals surface area contributed by atoms with Gasteiger partial charge in [0, 0.05) is 5.57 Å². The zero-order chi connectivity index (χ0) is 21.3. The molecule has 0 unspecified atom stereocenters. The Morgan fingerprint density at radius 2 is 1.07 bits per heavy atom. The molecular weight excluding hydrogens is 351 g/mol.